The predicted octanol–water partition coefficient (Wildman–Crippen LogP) is 1.12. The van der Waals surface area contributed by atoms with Gasteiger partial charge in [0.25, 0.3) is 0 Å². The van der Waals surface area contributed by atoms with Crippen LogP contribution in [0.4, 0.5) is 0 Å². The second kappa shape index (κ2) is 10.6. The van der Waals surface area contributed by atoms with Crippen LogP contribution in [0.1, 0.15) is 19.3 Å². The Labute approximate surface area is 110 Å². The molecule has 0 aliphatic carbocycles. The van der Waals surface area contributed by atoms with Gasteiger partial charge in [-0.15, -0.1) is 19.0 Å². The zero-order valence-corrected chi connectivity index (χ0v) is 11.1. The van der Waals surface area contributed by atoms with E-state index < -0.39 is 0 Å². The average molecular weight is 263 g/mol. The highest BCUT2D eigenvalue weighted by Crippen LogP contribution is 2.09. The van der Waals surface area contributed by atoms with Crippen molar-refractivity contribution < 1.29 is 9.53 Å². The molecule has 0 radical (unpaired) electrons. The summed E-state index contributed by atoms with van der Waals surface area (Å²) < 4.78 is 5.31. The monoisotopic (exact) mass is 262 g/mol. The quantitative estimate of drug-likeness (QED) is 0.534. The summed E-state index contributed by atoms with van der Waals surface area (Å²) in [4.78, 5) is 11.7. The summed E-state index contributed by atoms with van der Waals surface area (Å²) in [6.45, 7) is 7.33. The van der Waals surface area contributed by atoms with E-state index in [4.69, 9.17) is 4.74 Å². The van der Waals surface area contributed by atoms with Gasteiger partial charge in [-0.2, -0.15) is 0 Å². The number of piperidine rings is 1. The van der Waals surface area contributed by atoms with E-state index in [1.54, 1.807) is 0 Å². The van der Waals surface area contributed by atoms with Crippen LogP contribution < -0.4 is 10.6 Å². The van der Waals surface area contributed by atoms with E-state index in [2.05, 4.69) is 17.2 Å². The predicted molar refractivity (Wildman–Crippen MR) is 71.5 cm³/mol. The molecule has 4 nitrogen and oxygen atoms in total. The third-order valence-corrected chi connectivity index (χ3v) is 2.68. The molecule has 0 saturated carbocycles. The summed E-state index contributed by atoms with van der Waals surface area (Å²) in [7, 11) is 0. The normalized spacial score (nSPS) is 19.2. The van der Waals surface area contributed by atoms with Gasteiger partial charge in [0.2, 0.25) is 5.91 Å². The minimum absolute atomic E-state index is 0. The Morgan fingerprint density at radius 2 is 2.35 bits per heavy atom. The molecule has 0 aromatic rings. The van der Waals surface area contributed by atoms with E-state index in [1.165, 1.54) is 0 Å². The molecule has 5 heteroatoms. The topological polar surface area (TPSA) is 50.4 Å². The third-order valence-electron chi connectivity index (χ3n) is 2.68. The number of hydrogen-bond acceptors (Lipinski definition) is 3. The standard InChI is InChI=1S/C12H22N2O2.ClH/c1-2-3-8-16-9-7-14-12(15)11-5-4-6-13-10-11;/h2,11,13H,1,3-10H2,(H,14,15);1H/t11-;/m1./s1. The minimum Gasteiger partial charge on any atom is -0.379 e. The lowest BCUT2D eigenvalue weighted by Gasteiger charge is -2.21. The fourth-order valence-corrected chi connectivity index (χ4v) is 1.74. The Bertz CT molecular complexity index is 219. The number of nitrogens with one attached hydrogen (secondary N) is 2. The van der Waals surface area contributed by atoms with Crippen molar-refractivity contribution in [1.82, 2.24) is 10.6 Å². The fourth-order valence-electron chi connectivity index (χ4n) is 1.74. The molecular weight excluding hydrogens is 240 g/mol. The zero-order chi connectivity index (χ0) is 11.6. The molecule has 0 unspecified atom stereocenters. The second-order valence-corrected chi connectivity index (χ2v) is 4.02. The van der Waals surface area contributed by atoms with Crippen LogP contribution >= 0.6 is 12.4 Å². The zero-order valence-electron chi connectivity index (χ0n) is 10.2. The van der Waals surface area contributed by atoms with Crippen molar-refractivity contribution in [3.8, 4) is 0 Å². The Kier molecular flexibility index (Phi) is 10.2. The molecule has 0 spiro atoms. The van der Waals surface area contributed by atoms with Crippen molar-refractivity contribution in [2.24, 2.45) is 5.92 Å². The van der Waals surface area contributed by atoms with Gasteiger partial charge in [0.05, 0.1) is 19.1 Å². The first-order valence-electron chi connectivity index (χ1n) is 6.01. The lowest BCUT2D eigenvalue weighted by Crippen LogP contribution is -2.41. The van der Waals surface area contributed by atoms with Crippen LogP contribution in [0, 0.1) is 5.92 Å². The first kappa shape index (κ1) is 16.4. The summed E-state index contributed by atoms with van der Waals surface area (Å²) in [5.74, 6) is 0.293. The van der Waals surface area contributed by atoms with Crippen molar-refractivity contribution in [2.45, 2.75) is 19.3 Å². The smallest absolute Gasteiger partial charge is 0.224 e. The number of carbonyl (C=O) groups excluding carboxylic acids is 1. The van der Waals surface area contributed by atoms with Gasteiger partial charge in [-0.05, 0) is 25.8 Å². The van der Waals surface area contributed by atoms with Crippen molar-refractivity contribution >= 4 is 18.3 Å². The highest BCUT2D eigenvalue weighted by atomic mass is 35.5. The van der Waals surface area contributed by atoms with E-state index in [9.17, 15) is 4.79 Å². The summed E-state index contributed by atoms with van der Waals surface area (Å²) in [5.41, 5.74) is 0. The summed E-state index contributed by atoms with van der Waals surface area (Å²) in [5, 5.41) is 6.13. The Balaban J connectivity index is 0.00000256. The molecule has 0 aromatic heterocycles. The number of amides is 1. The maximum absolute atomic E-state index is 11.7. The average Bonchev–Trinajstić information content (AvgIpc) is 2.34. The Hall–Kier alpha value is -0.580. The Morgan fingerprint density at radius 3 is 3.00 bits per heavy atom. The molecule has 1 fully saturated rings. The SMILES string of the molecule is C=CCCOCCNC(=O)[C@@H]1CCCNC1.Cl. The van der Waals surface area contributed by atoms with E-state index in [-0.39, 0.29) is 24.2 Å². The van der Waals surface area contributed by atoms with Crippen molar-refractivity contribution in [2.75, 3.05) is 32.8 Å². The van der Waals surface area contributed by atoms with Crippen molar-refractivity contribution in [1.29, 1.82) is 0 Å². The first-order valence-corrected chi connectivity index (χ1v) is 6.01. The molecule has 1 rings (SSSR count). The van der Waals surface area contributed by atoms with Gasteiger partial charge in [0.15, 0.2) is 0 Å². The maximum Gasteiger partial charge on any atom is 0.224 e. The van der Waals surface area contributed by atoms with E-state index >= 15 is 0 Å². The largest absolute Gasteiger partial charge is 0.379 e. The van der Waals surface area contributed by atoms with Crippen LogP contribution in [0.25, 0.3) is 0 Å². The number of rotatable bonds is 7. The summed E-state index contributed by atoms with van der Waals surface area (Å²) in [6, 6.07) is 0. The fraction of sp³-hybridized carbons (Fsp3) is 0.750. The van der Waals surface area contributed by atoms with Crippen molar-refractivity contribution in [3.63, 3.8) is 0 Å². The molecule has 1 aliphatic heterocycles. The number of halogens is 1. The van der Waals surface area contributed by atoms with Gasteiger partial charge >= 0.3 is 0 Å². The van der Waals surface area contributed by atoms with E-state index in [0.29, 0.717) is 19.8 Å². The number of ether oxygens (including phenoxy) is 1. The molecule has 0 aromatic carbocycles. The van der Waals surface area contributed by atoms with Gasteiger partial charge in [-0.1, -0.05) is 6.08 Å². The van der Waals surface area contributed by atoms with E-state index in [0.717, 1.165) is 32.4 Å². The highest BCUT2D eigenvalue weighted by molar-refractivity contribution is 5.85. The molecule has 1 atom stereocenters. The maximum atomic E-state index is 11.7. The molecule has 1 saturated heterocycles. The van der Waals surface area contributed by atoms with Gasteiger partial charge in [0.1, 0.15) is 0 Å². The summed E-state index contributed by atoms with van der Waals surface area (Å²) >= 11 is 0. The second-order valence-electron chi connectivity index (χ2n) is 4.02. The molecule has 0 bridgehead atoms. The molecule has 1 aliphatic rings. The van der Waals surface area contributed by atoms with Crippen molar-refractivity contribution in [3.05, 3.63) is 12.7 Å². The molecular formula is C12H23ClN2O2. The Morgan fingerprint density at radius 1 is 1.53 bits per heavy atom. The van der Waals surface area contributed by atoms with Crippen LogP contribution in [0.2, 0.25) is 0 Å². The lowest BCUT2D eigenvalue weighted by atomic mass is 9.99. The van der Waals surface area contributed by atoms with Crippen LogP contribution in [0.3, 0.4) is 0 Å². The minimum atomic E-state index is 0. The van der Waals surface area contributed by atoms with Crippen LogP contribution in [-0.4, -0.2) is 38.8 Å². The molecule has 1 heterocycles. The van der Waals surface area contributed by atoms with Gasteiger partial charge < -0.3 is 15.4 Å². The lowest BCUT2D eigenvalue weighted by molar-refractivity contribution is -0.125. The highest BCUT2D eigenvalue weighted by Gasteiger charge is 2.19. The number of carbonyl (C=O) groups is 1. The molecule has 1 amide bonds. The molecule has 100 valence electrons. The van der Waals surface area contributed by atoms with Gasteiger partial charge in [-0.25, -0.2) is 0 Å². The van der Waals surface area contributed by atoms with Crippen LogP contribution in [0.15, 0.2) is 12.7 Å². The summed E-state index contributed by atoms with van der Waals surface area (Å²) in [6.07, 6.45) is 4.77. The van der Waals surface area contributed by atoms with Crippen LogP contribution in [0.5, 0.6) is 0 Å². The number of hydrogen-bond donors (Lipinski definition) is 2. The van der Waals surface area contributed by atoms with Gasteiger partial charge in [-0.3, -0.25) is 4.79 Å². The van der Waals surface area contributed by atoms with E-state index in [1.807, 2.05) is 6.08 Å². The van der Waals surface area contributed by atoms with Crippen LogP contribution in [-0.2, 0) is 9.53 Å². The third kappa shape index (κ3) is 7.36. The molecule has 2 N–H and O–H groups in total. The van der Waals surface area contributed by atoms with Gasteiger partial charge in [0, 0.05) is 13.1 Å². The first-order chi connectivity index (χ1) is 7.84. The molecule has 17 heavy (non-hydrogen) atoms.